The number of primary sulfonamides is 1. The molecule has 2 rings (SSSR count). The largest absolute Gasteiger partial charge is 0.325 e. The third-order valence-corrected chi connectivity index (χ3v) is 5.53. The van der Waals surface area contributed by atoms with Crippen LogP contribution in [0.25, 0.3) is 0 Å². The second kappa shape index (κ2) is 10.0. The highest BCUT2D eigenvalue weighted by Gasteiger charge is 2.17. The topological polar surface area (TPSA) is 101 Å². The van der Waals surface area contributed by atoms with Gasteiger partial charge in [0.1, 0.15) is 0 Å². The zero-order valence-electron chi connectivity index (χ0n) is 17.5. The average Bonchev–Trinajstić information content (AvgIpc) is 2.62. The van der Waals surface area contributed by atoms with Crippen molar-refractivity contribution in [3.8, 4) is 0 Å². The average molecular weight is 418 g/mol. The Morgan fingerprint density at radius 2 is 1.55 bits per heavy atom. The summed E-state index contributed by atoms with van der Waals surface area (Å²) in [4.78, 5) is 12.3. The lowest BCUT2D eigenvalue weighted by molar-refractivity contribution is -0.115. The minimum Gasteiger partial charge on any atom is -0.325 e. The molecule has 6 nitrogen and oxygen atoms in total. The van der Waals surface area contributed by atoms with Crippen molar-refractivity contribution >= 4 is 21.6 Å². The number of nitrogens with two attached hydrogens (primary N) is 1. The van der Waals surface area contributed by atoms with Gasteiger partial charge in [-0.15, -0.1) is 0 Å². The lowest BCUT2D eigenvalue weighted by atomic mass is 9.94. The second-order valence-electron chi connectivity index (χ2n) is 8.06. The van der Waals surface area contributed by atoms with Gasteiger partial charge in [0, 0.05) is 11.7 Å². The number of nitrogens with one attached hydrogen (secondary N) is 2. The molecule has 0 aromatic heterocycles. The highest BCUT2D eigenvalue weighted by atomic mass is 32.2. The standard InChI is InChI=1S/C22H31N3O3S/c1-15(2)13-17-5-7-18(8-6-17)22(16(3)4)24-14-21(26)25-19-9-11-20(12-10-19)29(23,27)28/h5-12,15-16,22,24H,13-14H2,1-4H3,(H,25,26)(H2,23,27,28). The van der Waals surface area contributed by atoms with Crippen LogP contribution in [0, 0.1) is 11.8 Å². The smallest absolute Gasteiger partial charge is 0.238 e. The molecule has 1 unspecified atom stereocenters. The quantitative estimate of drug-likeness (QED) is 0.581. The Hall–Kier alpha value is -2.22. The zero-order valence-corrected chi connectivity index (χ0v) is 18.3. The van der Waals surface area contributed by atoms with Gasteiger partial charge in [-0.05, 0) is 53.6 Å². The van der Waals surface area contributed by atoms with Gasteiger partial charge in [-0.2, -0.15) is 0 Å². The summed E-state index contributed by atoms with van der Waals surface area (Å²) in [6.07, 6.45) is 1.05. The summed E-state index contributed by atoms with van der Waals surface area (Å²) in [5.74, 6) is 0.728. The summed E-state index contributed by atoms with van der Waals surface area (Å²) < 4.78 is 22.6. The van der Waals surface area contributed by atoms with Crippen LogP contribution >= 0.6 is 0 Å². The Bertz CT molecular complexity index is 905. The lowest BCUT2D eigenvalue weighted by Crippen LogP contribution is -2.33. The number of rotatable bonds is 9. The summed E-state index contributed by atoms with van der Waals surface area (Å²) in [6.45, 7) is 8.78. The van der Waals surface area contributed by atoms with Crippen molar-refractivity contribution in [3.63, 3.8) is 0 Å². The predicted molar refractivity (Wildman–Crippen MR) is 117 cm³/mol. The van der Waals surface area contributed by atoms with Gasteiger partial charge in [0.15, 0.2) is 0 Å². The molecule has 0 aliphatic heterocycles. The molecule has 29 heavy (non-hydrogen) atoms. The van der Waals surface area contributed by atoms with Crippen molar-refractivity contribution in [1.29, 1.82) is 0 Å². The normalized spacial score (nSPS) is 12.9. The number of hydrogen-bond acceptors (Lipinski definition) is 4. The monoisotopic (exact) mass is 417 g/mol. The molecule has 0 fully saturated rings. The third-order valence-electron chi connectivity index (χ3n) is 4.60. The van der Waals surface area contributed by atoms with Crippen molar-refractivity contribution in [2.45, 2.75) is 45.1 Å². The molecule has 7 heteroatoms. The molecule has 4 N–H and O–H groups in total. The van der Waals surface area contributed by atoms with Crippen LogP contribution in [0.15, 0.2) is 53.4 Å². The van der Waals surface area contributed by atoms with Gasteiger partial charge >= 0.3 is 0 Å². The van der Waals surface area contributed by atoms with E-state index in [4.69, 9.17) is 5.14 Å². The minimum absolute atomic E-state index is 0.00871. The molecule has 0 spiro atoms. The Morgan fingerprint density at radius 1 is 0.966 bits per heavy atom. The summed E-state index contributed by atoms with van der Waals surface area (Å²) in [5.41, 5.74) is 2.98. The molecule has 0 saturated heterocycles. The fourth-order valence-corrected chi connectivity index (χ4v) is 3.72. The van der Waals surface area contributed by atoms with Gasteiger partial charge in [0.05, 0.1) is 11.4 Å². The van der Waals surface area contributed by atoms with Crippen LogP contribution < -0.4 is 15.8 Å². The van der Waals surface area contributed by atoms with Crippen LogP contribution in [0.2, 0.25) is 0 Å². The van der Waals surface area contributed by atoms with Crippen molar-refractivity contribution in [1.82, 2.24) is 5.32 Å². The summed E-state index contributed by atoms with van der Waals surface area (Å²) in [6, 6.07) is 14.4. The number of benzene rings is 2. The van der Waals surface area contributed by atoms with Gasteiger partial charge in [-0.25, -0.2) is 13.6 Å². The van der Waals surface area contributed by atoms with E-state index in [1.807, 2.05) is 0 Å². The predicted octanol–water partition coefficient (Wildman–Crippen LogP) is 3.46. The maximum Gasteiger partial charge on any atom is 0.238 e. The van der Waals surface area contributed by atoms with Crippen LogP contribution in [-0.4, -0.2) is 20.9 Å². The number of carbonyl (C=O) groups is 1. The highest BCUT2D eigenvalue weighted by Crippen LogP contribution is 2.22. The first kappa shape index (κ1) is 23.1. The van der Waals surface area contributed by atoms with Gasteiger partial charge < -0.3 is 10.6 Å². The SMILES string of the molecule is CC(C)Cc1ccc(C(NCC(=O)Nc2ccc(S(N)(=O)=O)cc2)C(C)C)cc1. The van der Waals surface area contributed by atoms with Crippen molar-refractivity contribution in [3.05, 3.63) is 59.7 Å². The van der Waals surface area contributed by atoms with E-state index in [0.717, 1.165) is 12.0 Å². The second-order valence-corrected chi connectivity index (χ2v) is 9.62. The maximum atomic E-state index is 12.3. The number of anilines is 1. The van der Waals surface area contributed by atoms with E-state index in [1.54, 1.807) is 0 Å². The molecule has 0 bridgehead atoms. The van der Waals surface area contributed by atoms with E-state index in [2.05, 4.69) is 62.6 Å². The van der Waals surface area contributed by atoms with E-state index in [-0.39, 0.29) is 23.4 Å². The Morgan fingerprint density at radius 3 is 2.03 bits per heavy atom. The van der Waals surface area contributed by atoms with Crippen LogP contribution in [0.1, 0.15) is 44.9 Å². The molecular formula is C22H31N3O3S. The lowest BCUT2D eigenvalue weighted by Gasteiger charge is -2.23. The minimum atomic E-state index is -3.74. The first-order valence-corrected chi connectivity index (χ1v) is 11.4. The van der Waals surface area contributed by atoms with Crippen LogP contribution in [0.4, 0.5) is 5.69 Å². The first-order chi connectivity index (χ1) is 13.6. The molecule has 2 aromatic rings. The van der Waals surface area contributed by atoms with Crippen LogP contribution in [0.5, 0.6) is 0 Å². The van der Waals surface area contributed by atoms with Crippen molar-refractivity contribution in [2.24, 2.45) is 17.0 Å². The Kier molecular flexibility index (Phi) is 7.96. The molecule has 0 aliphatic carbocycles. The molecule has 0 aliphatic rings. The Balaban J connectivity index is 1.97. The summed E-state index contributed by atoms with van der Waals surface area (Å²) in [7, 11) is -3.74. The van der Waals surface area contributed by atoms with Gasteiger partial charge in [-0.1, -0.05) is 52.0 Å². The van der Waals surface area contributed by atoms with E-state index in [1.165, 1.54) is 29.8 Å². The highest BCUT2D eigenvalue weighted by molar-refractivity contribution is 7.89. The molecule has 0 saturated carbocycles. The molecule has 158 valence electrons. The fourth-order valence-electron chi connectivity index (χ4n) is 3.21. The van der Waals surface area contributed by atoms with Gasteiger partial charge in [0.25, 0.3) is 0 Å². The molecular weight excluding hydrogens is 386 g/mol. The van der Waals surface area contributed by atoms with E-state index >= 15 is 0 Å². The molecule has 2 aromatic carbocycles. The molecule has 0 heterocycles. The molecule has 1 amide bonds. The summed E-state index contributed by atoms with van der Waals surface area (Å²) in [5, 5.41) is 11.2. The van der Waals surface area contributed by atoms with Gasteiger partial charge in [-0.3, -0.25) is 4.79 Å². The third kappa shape index (κ3) is 7.27. The van der Waals surface area contributed by atoms with E-state index in [9.17, 15) is 13.2 Å². The van der Waals surface area contributed by atoms with Gasteiger partial charge in [0.2, 0.25) is 15.9 Å². The number of carbonyl (C=O) groups excluding carboxylic acids is 1. The van der Waals surface area contributed by atoms with E-state index < -0.39 is 10.0 Å². The number of sulfonamides is 1. The van der Waals surface area contributed by atoms with Crippen LogP contribution in [0.3, 0.4) is 0 Å². The molecule has 0 radical (unpaired) electrons. The first-order valence-electron chi connectivity index (χ1n) is 9.81. The van der Waals surface area contributed by atoms with Crippen LogP contribution in [-0.2, 0) is 21.2 Å². The van der Waals surface area contributed by atoms with Crippen molar-refractivity contribution < 1.29 is 13.2 Å². The summed E-state index contributed by atoms with van der Waals surface area (Å²) >= 11 is 0. The fraction of sp³-hybridized carbons (Fsp3) is 0.409. The number of amides is 1. The maximum absolute atomic E-state index is 12.3. The zero-order chi connectivity index (χ0) is 21.6. The number of hydrogen-bond donors (Lipinski definition) is 3. The van der Waals surface area contributed by atoms with Crippen molar-refractivity contribution in [2.75, 3.05) is 11.9 Å². The van der Waals surface area contributed by atoms with E-state index in [0.29, 0.717) is 17.5 Å². The molecule has 1 atom stereocenters. The Labute approximate surface area is 173 Å².